The monoisotopic (exact) mass is 283 g/mol. The third kappa shape index (κ3) is 4.98. The smallest absolute Gasteiger partial charge is 0.226 e. The third-order valence-corrected chi connectivity index (χ3v) is 2.64. The highest BCUT2D eigenvalue weighted by atomic mass is 16.5. The maximum absolute atomic E-state index is 8.68. The quantitative estimate of drug-likeness (QED) is 0.217. The lowest BCUT2D eigenvalue weighted by molar-refractivity contribution is 0.190. The van der Waals surface area contributed by atoms with E-state index in [1.165, 1.54) is 0 Å². The summed E-state index contributed by atoms with van der Waals surface area (Å²) in [6, 6.07) is 1.59. The van der Waals surface area contributed by atoms with Gasteiger partial charge >= 0.3 is 0 Å². The molecule has 0 aliphatic rings. The molecule has 0 aromatic carbocycles. The van der Waals surface area contributed by atoms with Crippen LogP contribution in [0.3, 0.4) is 0 Å². The van der Waals surface area contributed by atoms with Crippen molar-refractivity contribution in [2.75, 3.05) is 45.4 Å². The first kappa shape index (κ1) is 16.1. The van der Waals surface area contributed by atoms with Crippen LogP contribution in [0.1, 0.15) is 12.1 Å². The largest absolute Gasteiger partial charge is 0.409 e. The Bertz CT molecular complexity index is 427. The molecule has 0 bridgehead atoms. The number of methoxy groups -OCH3 is 2. The molecule has 0 aliphatic carbocycles. The van der Waals surface area contributed by atoms with Crippen LogP contribution in [-0.4, -0.2) is 61.5 Å². The highest BCUT2D eigenvalue weighted by molar-refractivity contribution is 5.95. The maximum Gasteiger partial charge on any atom is 0.226 e. The van der Waals surface area contributed by atoms with Gasteiger partial charge in [-0.05, 0) is 12.5 Å². The number of nitrogens with zero attached hydrogens (tertiary/aromatic N) is 4. The zero-order valence-electron chi connectivity index (χ0n) is 11.8. The van der Waals surface area contributed by atoms with Crippen molar-refractivity contribution in [1.82, 2.24) is 9.97 Å². The molecule has 3 N–H and O–H groups in total. The van der Waals surface area contributed by atoms with Crippen molar-refractivity contribution in [3.05, 3.63) is 18.0 Å². The number of nitrogens with two attached hydrogens (primary N) is 1. The van der Waals surface area contributed by atoms with Crippen LogP contribution in [0.2, 0.25) is 0 Å². The number of hydrogen-bond donors (Lipinski definition) is 2. The van der Waals surface area contributed by atoms with E-state index in [4.69, 9.17) is 20.4 Å². The van der Waals surface area contributed by atoms with Crippen molar-refractivity contribution < 1.29 is 14.7 Å². The molecule has 0 spiro atoms. The van der Waals surface area contributed by atoms with Crippen LogP contribution in [0.15, 0.2) is 17.4 Å². The molecule has 1 aromatic rings. The molecular formula is C12H21N5O3. The van der Waals surface area contributed by atoms with Gasteiger partial charge in [0.25, 0.3) is 0 Å². The summed E-state index contributed by atoms with van der Waals surface area (Å²) in [5.41, 5.74) is 5.91. The van der Waals surface area contributed by atoms with Gasteiger partial charge in [0.05, 0.1) is 6.61 Å². The molecule has 0 amide bonds. The Kier molecular flexibility index (Phi) is 7.30. The van der Waals surface area contributed by atoms with Crippen LogP contribution in [0.25, 0.3) is 0 Å². The second-order valence-corrected chi connectivity index (χ2v) is 4.05. The summed E-state index contributed by atoms with van der Waals surface area (Å²) in [6.07, 6.45) is 2.42. The molecule has 0 fully saturated rings. The minimum Gasteiger partial charge on any atom is -0.409 e. The van der Waals surface area contributed by atoms with Crippen molar-refractivity contribution >= 4 is 11.8 Å². The van der Waals surface area contributed by atoms with Crippen LogP contribution in [-0.2, 0) is 9.47 Å². The highest BCUT2D eigenvalue weighted by Crippen LogP contribution is 2.08. The van der Waals surface area contributed by atoms with E-state index in [2.05, 4.69) is 15.1 Å². The number of ether oxygens (including phenoxy) is 2. The van der Waals surface area contributed by atoms with E-state index in [1.54, 1.807) is 26.5 Å². The molecule has 0 radical (unpaired) electrons. The number of hydrogen-bond acceptors (Lipinski definition) is 7. The molecule has 1 heterocycles. The molecular weight excluding hydrogens is 262 g/mol. The molecule has 1 aromatic heterocycles. The van der Waals surface area contributed by atoms with Crippen molar-refractivity contribution in [3.8, 4) is 0 Å². The Balaban J connectivity index is 2.82. The predicted molar refractivity (Wildman–Crippen MR) is 75.1 cm³/mol. The summed E-state index contributed by atoms with van der Waals surface area (Å²) < 4.78 is 10.1. The van der Waals surface area contributed by atoms with E-state index in [9.17, 15) is 0 Å². The van der Waals surface area contributed by atoms with Gasteiger partial charge in [0.2, 0.25) is 5.95 Å². The van der Waals surface area contributed by atoms with Crippen LogP contribution in [0.5, 0.6) is 0 Å². The lowest BCUT2D eigenvalue weighted by atomic mass is 10.3. The molecule has 0 aliphatic heterocycles. The summed E-state index contributed by atoms with van der Waals surface area (Å²) in [5, 5.41) is 11.6. The molecule has 20 heavy (non-hydrogen) atoms. The summed E-state index contributed by atoms with van der Waals surface area (Å²) in [6.45, 7) is 2.60. The summed E-state index contributed by atoms with van der Waals surface area (Å²) in [5.74, 6) is 0.472. The molecule has 112 valence electrons. The molecule has 0 saturated heterocycles. The molecule has 0 unspecified atom stereocenters. The van der Waals surface area contributed by atoms with Gasteiger partial charge in [0, 0.05) is 40.1 Å². The van der Waals surface area contributed by atoms with Crippen molar-refractivity contribution in [3.63, 3.8) is 0 Å². The van der Waals surface area contributed by atoms with E-state index in [-0.39, 0.29) is 5.84 Å². The lowest BCUT2D eigenvalue weighted by Crippen LogP contribution is -2.31. The predicted octanol–water partition coefficient (Wildman–Crippen LogP) is 0.0604. The molecule has 0 atom stereocenters. The average molecular weight is 283 g/mol. The molecule has 8 nitrogen and oxygen atoms in total. The van der Waals surface area contributed by atoms with E-state index in [0.29, 0.717) is 31.4 Å². The van der Waals surface area contributed by atoms with Gasteiger partial charge in [-0.3, -0.25) is 0 Å². The van der Waals surface area contributed by atoms with E-state index >= 15 is 0 Å². The Morgan fingerprint density at radius 3 is 2.75 bits per heavy atom. The SMILES string of the molecule is COCCCN(CCOC)c1nccc(/C(N)=N/O)n1. The second kappa shape index (κ2) is 9.05. The minimum atomic E-state index is -0.0442. The van der Waals surface area contributed by atoms with Gasteiger partial charge in [-0.25, -0.2) is 9.97 Å². The van der Waals surface area contributed by atoms with Gasteiger partial charge in [-0.2, -0.15) is 0 Å². The molecule has 1 rings (SSSR count). The number of rotatable bonds is 9. The maximum atomic E-state index is 8.68. The number of aromatic nitrogens is 2. The Morgan fingerprint density at radius 1 is 1.35 bits per heavy atom. The van der Waals surface area contributed by atoms with Gasteiger partial charge in [-0.1, -0.05) is 5.16 Å². The van der Waals surface area contributed by atoms with Gasteiger partial charge in [0.1, 0.15) is 5.69 Å². The topological polar surface area (TPSA) is 106 Å². The normalized spacial score (nSPS) is 11.6. The van der Waals surface area contributed by atoms with E-state index in [1.807, 2.05) is 4.90 Å². The zero-order valence-corrected chi connectivity index (χ0v) is 11.8. The fourth-order valence-electron chi connectivity index (χ4n) is 1.61. The Hall–Kier alpha value is -1.93. The Labute approximate surface area is 118 Å². The average Bonchev–Trinajstić information content (AvgIpc) is 2.50. The van der Waals surface area contributed by atoms with E-state index in [0.717, 1.165) is 13.0 Å². The van der Waals surface area contributed by atoms with Crippen molar-refractivity contribution in [1.29, 1.82) is 0 Å². The summed E-state index contributed by atoms with van der Waals surface area (Å²) in [4.78, 5) is 10.5. The fourth-order valence-corrected chi connectivity index (χ4v) is 1.61. The number of oxime groups is 1. The third-order valence-electron chi connectivity index (χ3n) is 2.64. The van der Waals surface area contributed by atoms with Crippen molar-refractivity contribution in [2.45, 2.75) is 6.42 Å². The van der Waals surface area contributed by atoms with Crippen LogP contribution >= 0.6 is 0 Å². The summed E-state index contributed by atoms with van der Waals surface area (Å²) >= 11 is 0. The van der Waals surface area contributed by atoms with E-state index < -0.39 is 0 Å². The fraction of sp³-hybridized carbons (Fsp3) is 0.583. The number of anilines is 1. The lowest BCUT2D eigenvalue weighted by Gasteiger charge is -2.22. The summed E-state index contributed by atoms with van der Waals surface area (Å²) in [7, 11) is 3.30. The van der Waals surface area contributed by atoms with Gasteiger partial charge in [-0.15, -0.1) is 0 Å². The van der Waals surface area contributed by atoms with Crippen molar-refractivity contribution in [2.24, 2.45) is 10.9 Å². The second-order valence-electron chi connectivity index (χ2n) is 4.05. The molecule has 8 heteroatoms. The van der Waals surface area contributed by atoms with Crippen LogP contribution in [0.4, 0.5) is 5.95 Å². The van der Waals surface area contributed by atoms with Crippen LogP contribution in [0, 0.1) is 0 Å². The highest BCUT2D eigenvalue weighted by Gasteiger charge is 2.11. The van der Waals surface area contributed by atoms with Crippen LogP contribution < -0.4 is 10.6 Å². The Morgan fingerprint density at radius 2 is 2.10 bits per heavy atom. The zero-order chi connectivity index (χ0) is 14.8. The first-order valence-corrected chi connectivity index (χ1v) is 6.26. The van der Waals surface area contributed by atoms with Gasteiger partial charge in [0.15, 0.2) is 5.84 Å². The van der Waals surface area contributed by atoms with Gasteiger partial charge < -0.3 is 25.3 Å². The minimum absolute atomic E-state index is 0.0442. The first-order valence-electron chi connectivity index (χ1n) is 6.26. The molecule has 0 saturated carbocycles. The number of amidine groups is 1. The first-order chi connectivity index (χ1) is 9.72. The standard InChI is InChI=1S/C12H21N5O3/c1-19-8-3-6-17(7-9-20-2)12-14-5-4-10(15-12)11(13)16-18/h4-5,18H,3,6-9H2,1-2H3,(H2,13,16).